The fourth-order valence-electron chi connectivity index (χ4n) is 7.09. The molecule has 2 aromatic carbocycles. The highest BCUT2D eigenvalue weighted by molar-refractivity contribution is 5.88. The van der Waals surface area contributed by atoms with E-state index in [1.165, 1.54) is 22.9 Å². The molecule has 1 aliphatic carbocycles. The number of pyridine rings is 1. The van der Waals surface area contributed by atoms with E-state index in [0.29, 0.717) is 43.4 Å². The number of benzene rings is 2. The molecule has 2 N–H and O–H groups in total. The number of carboxylic acids is 1. The van der Waals surface area contributed by atoms with Crippen LogP contribution in [-0.4, -0.2) is 60.9 Å². The van der Waals surface area contributed by atoms with E-state index in [4.69, 9.17) is 9.72 Å². The first-order chi connectivity index (χ1) is 22.3. The van der Waals surface area contributed by atoms with Crippen LogP contribution in [0.25, 0.3) is 17.1 Å². The topological polar surface area (TPSA) is 118 Å². The van der Waals surface area contributed by atoms with Crippen LogP contribution in [0.3, 0.4) is 0 Å². The lowest BCUT2D eigenvalue weighted by Gasteiger charge is -2.34. The number of aromatic carboxylic acids is 1. The number of likely N-dealkylation sites (tertiary alicyclic amines) is 1. The Balaban J connectivity index is 1.23. The number of carbonyl (C=O) groups is 2. The summed E-state index contributed by atoms with van der Waals surface area (Å²) in [4.78, 5) is 30.9. The first-order valence-electron chi connectivity index (χ1n) is 16.5. The summed E-state index contributed by atoms with van der Waals surface area (Å²) < 4.78 is 8.35. The van der Waals surface area contributed by atoms with Crippen molar-refractivity contribution in [1.29, 1.82) is 0 Å². The summed E-state index contributed by atoms with van der Waals surface area (Å²) in [6, 6.07) is 18.5. The van der Waals surface area contributed by atoms with Crippen molar-refractivity contribution in [2.24, 2.45) is 0 Å². The van der Waals surface area contributed by atoms with Crippen LogP contribution in [0.2, 0.25) is 0 Å². The van der Waals surface area contributed by atoms with Gasteiger partial charge in [-0.2, -0.15) is 5.10 Å². The average Bonchev–Trinajstić information content (AvgIpc) is 3.72. The Labute approximate surface area is 269 Å². The summed E-state index contributed by atoms with van der Waals surface area (Å²) >= 11 is 0. The van der Waals surface area contributed by atoms with Gasteiger partial charge in [0.1, 0.15) is 23.5 Å². The van der Waals surface area contributed by atoms with Crippen molar-refractivity contribution in [1.82, 2.24) is 19.7 Å². The van der Waals surface area contributed by atoms with Gasteiger partial charge in [-0.3, -0.25) is 4.79 Å². The van der Waals surface area contributed by atoms with E-state index in [2.05, 4.69) is 48.4 Å². The summed E-state index contributed by atoms with van der Waals surface area (Å²) in [5, 5.41) is 24.0. The molecule has 0 bridgehead atoms. The monoisotopic (exact) mass is 622 g/mol. The maximum Gasteiger partial charge on any atom is 0.339 e. The van der Waals surface area contributed by atoms with E-state index in [9.17, 15) is 19.8 Å². The Morgan fingerprint density at radius 2 is 1.78 bits per heavy atom. The molecule has 0 saturated carbocycles. The molecule has 2 unspecified atom stereocenters. The van der Waals surface area contributed by atoms with Crippen molar-refractivity contribution in [2.45, 2.75) is 83.8 Å². The molecular weight excluding hydrogens is 580 g/mol. The van der Waals surface area contributed by atoms with Gasteiger partial charge >= 0.3 is 5.97 Å². The van der Waals surface area contributed by atoms with Crippen LogP contribution >= 0.6 is 0 Å². The van der Waals surface area contributed by atoms with Crippen LogP contribution in [-0.2, 0) is 24.1 Å². The molecule has 1 amide bonds. The van der Waals surface area contributed by atoms with Gasteiger partial charge in [0.2, 0.25) is 0 Å². The van der Waals surface area contributed by atoms with E-state index >= 15 is 0 Å². The van der Waals surface area contributed by atoms with Crippen molar-refractivity contribution < 1.29 is 24.5 Å². The Morgan fingerprint density at radius 1 is 1.00 bits per heavy atom. The van der Waals surface area contributed by atoms with E-state index in [0.717, 1.165) is 54.7 Å². The van der Waals surface area contributed by atoms with E-state index in [1.807, 2.05) is 32.0 Å². The van der Waals surface area contributed by atoms with E-state index in [-0.39, 0.29) is 17.6 Å². The van der Waals surface area contributed by atoms with Crippen molar-refractivity contribution in [3.05, 3.63) is 94.3 Å². The van der Waals surface area contributed by atoms with Gasteiger partial charge in [-0.1, -0.05) is 51.1 Å². The predicted octanol–water partition coefficient (Wildman–Crippen LogP) is 6.30. The molecule has 2 aliphatic rings. The lowest BCUT2D eigenvalue weighted by molar-refractivity contribution is -0.141. The molecule has 2 atom stereocenters. The number of carbonyl (C=O) groups excluding carboxylic acids is 1. The third-order valence-electron chi connectivity index (χ3n) is 9.55. The summed E-state index contributed by atoms with van der Waals surface area (Å²) in [6.45, 7) is 7.25. The zero-order valence-corrected chi connectivity index (χ0v) is 26.8. The largest absolute Gasteiger partial charge is 0.486 e. The quantitative estimate of drug-likeness (QED) is 0.213. The van der Waals surface area contributed by atoms with Crippen molar-refractivity contribution in [3.63, 3.8) is 0 Å². The SMILES string of the molecule is CCc1cc(OC2CCc3cccc(-c4cccc(-n5ncc(C(=O)O)c5CC)n4)c32)ccc1C1CCN(C(=O)C(O)CC)CC1. The van der Waals surface area contributed by atoms with Crippen LogP contribution in [0.15, 0.2) is 60.8 Å². The third-order valence-corrected chi connectivity index (χ3v) is 9.55. The molecule has 6 rings (SSSR count). The second kappa shape index (κ2) is 13.5. The molecule has 3 heterocycles. The molecule has 46 heavy (non-hydrogen) atoms. The number of piperidine rings is 1. The van der Waals surface area contributed by atoms with Gasteiger partial charge in [-0.25, -0.2) is 14.5 Å². The second-order valence-corrected chi connectivity index (χ2v) is 12.2. The number of aryl methyl sites for hydroxylation is 2. The number of aliphatic hydroxyl groups excluding tert-OH is 1. The minimum Gasteiger partial charge on any atom is -0.486 e. The van der Waals surface area contributed by atoms with Gasteiger partial charge in [0.15, 0.2) is 5.82 Å². The molecule has 4 aromatic rings. The van der Waals surface area contributed by atoms with E-state index in [1.54, 1.807) is 9.58 Å². The second-order valence-electron chi connectivity index (χ2n) is 12.2. The minimum absolute atomic E-state index is 0.124. The Morgan fingerprint density at radius 3 is 2.50 bits per heavy atom. The Bertz CT molecular complexity index is 1740. The van der Waals surface area contributed by atoms with Crippen molar-refractivity contribution in [3.8, 4) is 22.8 Å². The molecule has 0 spiro atoms. The van der Waals surface area contributed by atoms with Crippen LogP contribution < -0.4 is 4.74 Å². The zero-order valence-electron chi connectivity index (χ0n) is 26.8. The lowest BCUT2D eigenvalue weighted by atomic mass is 9.85. The standard InChI is InChI=1S/C37H42N4O5/c1-4-23-21-26(14-15-27(23)24-17-19-40(20-18-24)36(43)32(42)6-3)46-33-16-13-25-9-7-10-28(35(25)33)30-11-8-12-34(39-30)41-31(5-2)29(22-38-41)37(44)45/h7-12,14-15,21-22,24,32-33,42H,4-6,13,16-20H2,1-3H3,(H,44,45). The number of hydrogen-bond donors (Lipinski definition) is 2. The van der Waals surface area contributed by atoms with Crippen molar-refractivity contribution in [2.75, 3.05) is 13.1 Å². The average molecular weight is 623 g/mol. The predicted molar refractivity (Wildman–Crippen MR) is 175 cm³/mol. The van der Waals surface area contributed by atoms with Crippen molar-refractivity contribution >= 4 is 11.9 Å². The van der Waals surface area contributed by atoms with Gasteiger partial charge in [-0.05, 0) is 91.8 Å². The molecule has 240 valence electrons. The molecule has 1 fully saturated rings. The molecule has 1 aliphatic heterocycles. The molecule has 1 saturated heterocycles. The fourth-order valence-corrected chi connectivity index (χ4v) is 7.09. The zero-order chi connectivity index (χ0) is 32.4. The van der Waals surface area contributed by atoms with Gasteiger partial charge in [0.25, 0.3) is 5.91 Å². The van der Waals surface area contributed by atoms with Crippen LogP contribution in [0, 0.1) is 0 Å². The van der Waals surface area contributed by atoms with Gasteiger partial charge < -0.3 is 19.8 Å². The molecule has 9 nitrogen and oxygen atoms in total. The van der Waals surface area contributed by atoms with Gasteiger partial charge in [-0.15, -0.1) is 0 Å². The first-order valence-corrected chi connectivity index (χ1v) is 16.5. The van der Waals surface area contributed by atoms with E-state index < -0.39 is 12.1 Å². The molecule has 0 radical (unpaired) electrons. The Kier molecular flexibility index (Phi) is 9.22. The molecule has 9 heteroatoms. The number of fused-ring (bicyclic) bond motifs is 1. The van der Waals surface area contributed by atoms with Crippen LogP contribution in [0.5, 0.6) is 5.75 Å². The van der Waals surface area contributed by atoms with Crippen LogP contribution in [0.4, 0.5) is 0 Å². The molecular formula is C37H42N4O5. The minimum atomic E-state index is -0.996. The highest BCUT2D eigenvalue weighted by Gasteiger charge is 2.30. The number of hydrogen-bond acceptors (Lipinski definition) is 6. The summed E-state index contributed by atoms with van der Waals surface area (Å²) in [6.07, 6.45) is 5.76. The summed E-state index contributed by atoms with van der Waals surface area (Å²) in [7, 11) is 0. The number of nitrogens with zero attached hydrogens (tertiary/aromatic N) is 4. The maximum atomic E-state index is 12.5. The van der Waals surface area contributed by atoms with Crippen LogP contribution in [0.1, 0.15) is 96.8 Å². The highest BCUT2D eigenvalue weighted by Crippen LogP contribution is 2.42. The molecule has 2 aromatic heterocycles. The normalized spacial score (nSPS) is 17.1. The lowest BCUT2D eigenvalue weighted by Crippen LogP contribution is -2.43. The Hall–Kier alpha value is -4.50. The smallest absolute Gasteiger partial charge is 0.339 e. The third kappa shape index (κ3) is 6.03. The van der Waals surface area contributed by atoms with Gasteiger partial charge in [0.05, 0.1) is 17.6 Å². The maximum absolute atomic E-state index is 12.5. The summed E-state index contributed by atoms with van der Waals surface area (Å²) in [5.41, 5.74) is 7.58. The first kappa shape index (κ1) is 31.5. The number of carboxylic acid groups (broad SMARTS) is 1. The highest BCUT2D eigenvalue weighted by atomic mass is 16.5. The number of aromatic nitrogens is 3. The fraction of sp³-hybridized carbons (Fsp3) is 0.405. The number of rotatable bonds is 10. The number of amides is 1. The number of ether oxygens (including phenoxy) is 1. The number of aliphatic hydroxyl groups is 1. The summed E-state index contributed by atoms with van der Waals surface area (Å²) in [5.74, 6) is 0.648. The van der Waals surface area contributed by atoms with Gasteiger partial charge in [0, 0.05) is 24.2 Å².